The lowest BCUT2D eigenvalue weighted by atomic mass is 10.3. The van der Waals surface area contributed by atoms with E-state index in [1.807, 2.05) is 30.3 Å². The highest BCUT2D eigenvalue weighted by molar-refractivity contribution is 5.37. The van der Waals surface area contributed by atoms with Crippen LogP contribution in [0.2, 0.25) is 0 Å². The van der Waals surface area contributed by atoms with Crippen molar-refractivity contribution in [2.45, 2.75) is 20.0 Å². The van der Waals surface area contributed by atoms with E-state index in [-0.39, 0.29) is 0 Å². The van der Waals surface area contributed by atoms with Crippen LogP contribution in [-0.2, 0) is 13.1 Å². The van der Waals surface area contributed by atoms with Crippen molar-refractivity contribution in [3.05, 3.63) is 47.9 Å². The van der Waals surface area contributed by atoms with Gasteiger partial charge in [0.1, 0.15) is 0 Å². The number of hydrogen-bond donors (Lipinski definition) is 1. The van der Waals surface area contributed by atoms with Gasteiger partial charge in [-0.15, -0.1) is 5.10 Å². The van der Waals surface area contributed by atoms with Gasteiger partial charge in [-0.3, -0.25) is 4.98 Å². The van der Waals surface area contributed by atoms with E-state index in [9.17, 15) is 0 Å². The molecule has 0 aliphatic carbocycles. The van der Waals surface area contributed by atoms with Crippen molar-refractivity contribution in [1.82, 2.24) is 15.2 Å². The van der Waals surface area contributed by atoms with Gasteiger partial charge in [-0.1, -0.05) is 6.07 Å². The third-order valence-corrected chi connectivity index (χ3v) is 2.70. The number of aromatic nitrogens is 3. The summed E-state index contributed by atoms with van der Waals surface area (Å²) in [6, 6.07) is 9.75. The predicted octanol–water partition coefficient (Wildman–Crippen LogP) is 1.36. The molecule has 2 aromatic heterocycles. The number of nitrogens with two attached hydrogens (primary N) is 1. The third-order valence-electron chi connectivity index (χ3n) is 2.70. The van der Waals surface area contributed by atoms with Gasteiger partial charge in [-0.25, -0.2) is 0 Å². The maximum absolute atomic E-state index is 5.51. The molecule has 0 saturated heterocycles. The molecule has 0 radical (unpaired) electrons. The predicted molar refractivity (Wildman–Crippen MR) is 70.9 cm³/mol. The molecule has 0 aliphatic rings. The maximum Gasteiger partial charge on any atom is 0.151 e. The van der Waals surface area contributed by atoms with Crippen LogP contribution in [0.3, 0.4) is 0 Å². The molecule has 0 bridgehead atoms. The van der Waals surface area contributed by atoms with Crippen LogP contribution in [-0.4, -0.2) is 21.7 Å². The first-order valence-corrected chi connectivity index (χ1v) is 6.01. The Kier molecular flexibility index (Phi) is 4.20. The first kappa shape index (κ1) is 12.4. The van der Waals surface area contributed by atoms with Crippen molar-refractivity contribution in [3.63, 3.8) is 0 Å². The Morgan fingerprint density at radius 3 is 2.56 bits per heavy atom. The number of nitrogens with zero attached hydrogens (tertiary/aromatic N) is 4. The highest BCUT2D eigenvalue weighted by Crippen LogP contribution is 2.12. The summed E-state index contributed by atoms with van der Waals surface area (Å²) in [5.41, 5.74) is 7.32. The van der Waals surface area contributed by atoms with E-state index in [2.05, 4.69) is 27.0 Å². The monoisotopic (exact) mass is 243 g/mol. The van der Waals surface area contributed by atoms with E-state index in [1.165, 1.54) is 0 Å². The summed E-state index contributed by atoms with van der Waals surface area (Å²) in [6.07, 6.45) is 1.80. The van der Waals surface area contributed by atoms with Gasteiger partial charge in [0.25, 0.3) is 0 Å². The summed E-state index contributed by atoms with van der Waals surface area (Å²) in [6.45, 7) is 4.09. The van der Waals surface area contributed by atoms with Gasteiger partial charge >= 0.3 is 0 Å². The number of rotatable bonds is 5. The van der Waals surface area contributed by atoms with Crippen LogP contribution in [0.1, 0.15) is 18.3 Å². The van der Waals surface area contributed by atoms with E-state index < -0.39 is 0 Å². The van der Waals surface area contributed by atoms with Gasteiger partial charge in [-0.05, 0) is 31.2 Å². The van der Waals surface area contributed by atoms with Crippen molar-refractivity contribution in [2.75, 3.05) is 11.4 Å². The lowest BCUT2D eigenvalue weighted by molar-refractivity contribution is 0.770. The van der Waals surface area contributed by atoms with E-state index in [1.54, 1.807) is 6.20 Å². The van der Waals surface area contributed by atoms with E-state index in [0.717, 1.165) is 30.3 Å². The summed E-state index contributed by atoms with van der Waals surface area (Å²) in [4.78, 5) is 6.44. The Balaban J connectivity index is 2.12. The van der Waals surface area contributed by atoms with Gasteiger partial charge in [0, 0.05) is 19.3 Å². The highest BCUT2D eigenvalue weighted by atomic mass is 15.3. The van der Waals surface area contributed by atoms with Crippen molar-refractivity contribution < 1.29 is 0 Å². The molecule has 94 valence electrons. The SMILES string of the molecule is CCN(Cc1ccccn1)c1ccc(CN)nn1. The molecule has 2 N–H and O–H groups in total. The molecular formula is C13H17N5. The molecule has 5 heteroatoms. The zero-order chi connectivity index (χ0) is 12.8. The first-order valence-electron chi connectivity index (χ1n) is 6.01. The van der Waals surface area contributed by atoms with Crippen molar-refractivity contribution >= 4 is 5.82 Å². The molecule has 2 aromatic rings. The Labute approximate surface area is 107 Å². The molecule has 0 atom stereocenters. The van der Waals surface area contributed by atoms with Crippen molar-refractivity contribution in [1.29, 1.82) is 0 Å². The second-order valence-electron chi connectivity index (χ2n) is 3.92. The fourth-order valence-electron chi connectivity index (χ4n) is 1.67. The Morgan fingerprint density at radius 1 is 1.11 bits per heavy atom. The van der Waals surface area contributed by atoms with E-state index in [4.69, 9.17) is 5.73 Å². The molecule has 2 rings (SSSR count). The second-order valence-corrected chi connectivity index (χ2v) is 3.92. The lowest BCUT2D eigenvalue weighted by Gasteiger charge is -2.20. The van der Waals surface area contributed by atoms with Gasteiger partial charge in [0.15, 0.2) is 5.82 Å². The molecule has 2 heterocycles. The number of anilines is 1. The standard InChI is InChI=1S/C13H17N5/c1-2-18(10-12-5-3-4-8-15-12)13-7-6-11(9-14)16-17-13/h3-8H,2,9-10,14H2,1H3. The average molecular weight is 243 g/mol. The molecule has 0 unspecified atom stereocenters. The smallest absolute Gasteiger partial charge is 0.151 e. The summed E-state index contributed by atoms with van der Waals surface area (Å²) < 4.78 is 0. The van der Waals surface area contributed by atoms with E-state index in [0.29, 0.717) is 6.54 Å². The minimum absolute atomic E-state index is 0.416. The topological polar surface area (TPSA) is 67.9 Å². The fraction of sp³-hybridized carbons (Fsp3) is 0.308. The Morgan fingerprint density at radius 2 is 2.00 bits per heavy atom. The first-order chi connectivity index (χ1) is 8.83. The zero-order valence-electron chi connectivity index (χ0n) is 10.5. The molecule has 0 spiro atoms. The molecule has 0 saturated carbocycles. The second kappa shape index (κ2) is 6.07. The van der Waals surface area contributed by atoms with Crippen LogP contribution in [0.5, 0.6) is 0 Å². The van der Waals surface area contributed by atoms with Crippen molar-refractivity contribution in [2.24, 2.45) is 5.73 Å². The van der Waals surface area contributed by atoms with Gasteiger partial charge in [0.05, 0.1) is 17.9 Å². The Bertz CT molecular complexity index is 469. The zero-order valence-corrected chi connectivity index (χ0v) is 10.5. The summed E-state index contributed by atoms with van der Waals surface area (Å²) >= 11 is 0. The van der Waals surface area contributed by atoms with Crippen LogP contribution < -0.4 is 10.6 Å². The Hall–Kier alpha value is -2.01. The number of pyridine rings is 1. The largest absolute Gasteiger partial charge is 0.350 e. The van der Waals surface area contributed by atoms with Gasteiger partial charge in [-0.2, -0.15) is 5.10 Å². The summed E-state index contributed by atoms with van der Waals surface area (Å²) in [7, 11) is 0. The third kappa shape index (κ3) is 3.01. The van der Waals surface area contributed by atoms with Crippen LogP contribution in [0.25, 0.3) is 0 Å². The van der Waals surface area contributed by atoms with Gasteiger partial charge < -0.3 is 10.6 Å². The molecule has 5 nitrogen and oxygen atoms in total. The average Bonchev–Trinajstić information content (AvgIpc) is 2.46. The minimum Gasteiger partial charge on any atom is -0.350 e. The van der Waals surface area contributed by atoms with Crippen LogP contribution in [0, 0.1) is 0 Å². The van der Waals surface area contributed by atoms with Crippen LogP contribution in [0.15, 0.2) is 36.5 Å². The van der Waals surface area contributed by atoms with Crippen molar-refractivity contribution in [3.8, 4) is 0 Å². The highest BCUT2D eigenvalue weighted by Gasteiger charge is 2.07. The minimum atomic E-state index is 0.416. The maximum atomic E-state index is 5.51. The molecular weight excluding hydrogens is 226 g/mol. The molecule has 0 amide bonds. The normalized spacial score (nSPS) is 10.3. The summed E-state index contributed by atoms with van der Waals surface area (Å²) in [5.74, 6) is 0.848. The van der Waals surface area contributed by atoms with E-state index >= 15 is 0 Å². The number of hydrogen-bond acceptors (Lipinski definition) is 5. The van der Waals surface area contributed by atoms with Gasteiger partial charge in [0.2, 0.25) is 0 Å². The quantitative estimate of drug-likeness (QED) is 0.858. The summed E-state index contributed by atoms with van der Waals surface area (Å²) in [5, 5.41) is 8.26. The molecule has 18 heavy (non-hydrogen) atoms. The van der Waals surface area contributed by atoms with Crippen LogP contribution >= 0.6 is 0 Å². The molecule has 0 aromatic carbocycles. The fourth-order valence-corrected chi connectivity index (χ4v) is 1.67. The molecule has 0 fully saturated rings. The molecule has 0 aliphatic heterocycles. The lowest BCUT2D eigenvalue weighted by Crippen LogP contribution is -2.24. The van der Waals surface area contributed by atoms with Crippen LogP contribution in [0.4, 0.5) is 5.82 Å².